The summed E-state index contributed by atoms with van der Waals surface area (Å²) in [7, 11) is 0. The van der Waals surface area contributed by atoms with Gasteiger partial charge in [-0.15, -0.1) is 0 Å². The number of hydrogen-bond donors (Lipinski definition) is 0. The smallest absolute Gasteiger partial charge is 0.0898 e. The molecule has 0 amide bonds. The van der Waals surface area contributed by atoms with Crippen molar-refractivity contribution in [1.82, 2.24) is 5.06 Å². The van der Waals surface area contributed by atoms with Crippen molar-refractivity contribution < 1.29 is 4.39 Å². The van der Waals surface area contributed by atoms with Crippen molar-refractivity contribution in [1.29, 1.82) is 0 Å². The second-order valence-corrected chi connectivity index (χ2v) is 2.19. The zero-order chi connectivity index (χ0) is 5.98. The molecule has 48 valence electrons. The maximum atomic E-state index is 11.5. The Bertz CT molecular complexity index is 70.1. The number of nitrogens with zero attached hydrogens (tertiary/aromatic N) is 1. The maximum absolute atomic E-state index is 11.5. The standard InChI is InChI=1S/C5H9FNO/c6-2-1-5-3-7(8)4-5/h5H,1-4H2/q-1. The molecule has 1 heterocycles. The first kappa shape index (κ1) is 5.98. The fraction of sp³-hybridized carbons (Fsp3) is 1.00. The van der Waals surface area contributed by atoms with Gasteiger partial charge in [-0.1, -0.05) is 0 Å². The monoisotopic (exact) mass is 118 g/mol. The van der Waals surface area contributed by atoms with Gasteiger partial charge in [0.05, 0.1) is 6.67 Å². The lowest BCUT2D eigenvalue weighted by atomic mass is 10.00. The van der Waals surface area contributed by atoms with Gasteiger partial charge >= 0.3 is 0 Å². The van der Waals surface area contributed by atoms with Crippen LogP contribution in [0.2, 0.25) is 0 Å². The largest absolute Gasteiger partial charge is 0.785 e. The topological polar surface area (TPSA) is 26.3 Å². The Kier molecular flexibility index (Phi) is 1.81. The minimum absolute atomic E-state index is 0.279. The van der Waals surface area contributed by atoms with E-state index in [0.29, 0.717) is 25.4 Å². The molecule has 0 saturated carbocycles. The van der Waals surface area contributed by atoms with Gasteiger partial charge in [0.2, 0.25) is 0 Å². The average molecular weight is 118 g/mol. The fourth-order valence-electron chi connectivity index (χ4n) is 0.859. The van der Waals surface area contributed by atoms with Gasteiger partial charge in [-0.05, 0) is 25.4 Å². The number of hydroxylamine groups is 2. The molecule has 8 heavy (non-hydrogen) atoms. The van der Waals surface area contributed by atoms with Crippen LogP contribution in [0.4, 0.5) is 4.39 Å². The van der Waals surface area contributed by atoms with Crippen LogP contribution in [-0.4, -0.2) is 24.8 Å². The lowest BCUT2D eigenvalue weighted by Gasteiger charge is -2.44. The normalized spacial score (nSPS) is 23.2. The summed E-state index contributed by atoms with van der Waals surface area (Å²) in [4.78, 5) is 0. The van der Waals surface area contributed by atoms with E-state index in [1.807, 2.05) is 0 Å². The molecule has 1 rings (SSSR count). The van der Waals surface area contributed by atoms with Gasteiger partial charge in [0.15, 0.2) is 0 Å². The van der Waals surface area contributed by atoms with E-state index in [1.54, 1.807) is 0 Å². The second-order valence-electron chi connectivity index (χ2n) is 2.19. The molecule has 3 heteroatoms. The van der Waals surface area contributed by atoms with Crippen LogP contribution < -0.4 is 0 Å². The summed E-state index contributed by atoms with van der Waals surface area (Å²) in [6, 6.07) is 0. The summed E-state index contributed by atoms with van der Waals surface area (Å²) in [5, 5.41) is 11.1. The molecular weight excluding hydrogens is 109 g/mol. The Morgan fingerprint density at radius 3 is 2.62 bits per heavy atom. The van der Waals surface area contributed by atoms with Crippen molar-refractivity contribution in [3.8, 4) is 0 Å². The van der Waals surface area contributed by atoms with Crippen LogP contribution in [0.15, 0.2) is 0 Å². The third kappa shape index (κ3) is 1.17. The SMILES string of the molecule is [O-]N1CC(CCF)C1. The average Bonchev–Trinajstić information content (AvgIpc) is 1.64. The minimum atomic E-state index is -0.279. The summed E-state index contributed by atoms with van der Waals surface area (Å²) in [6.07, 6.45) is 0.568. The van der Waals surface area contributed by atoms with Crippen molar-refractivity contribution in [2.45, 2.75) is 6.42 Å². The Hall–Kier alpha value is -0.150. The van der Waals surface area contributed by atoms with Gasteiger partial charge < -0.3 is 10.3 Å². The summed E-state index contributed by atoms with van der Waals surface area (Å²) in [5.74, 6) is 0.345. The van der Waals surface area contributed by atoms with Crippen LogP contribution in [0.1, 0.15) is 6.42 Å². The van der Waals surface area contributed by atoms with Crippen LogP contribution in [0.3, 0.4) is 0 Å². The van der Waals surface area contributed by atoms with Crippen LogP contribution in [0.5, 0.6) is 0 Å². The predicted octanol–water partition coefficient (Wildman–Crippen LogP) is 0.776. The van der Waals surface area contributed by atoms with E-state index in [2.05, 4.69) is 0 Å². The molecule has 0 N–H and O–H groups in total. The highest BCUT2D eigenvalue weighted by Gasteiger charge is 2.18. The van der Waals surface area contributed by atoms with Gasteiger partial charge in [-0.3, -0.25) is 4.39 Å². The quantitative estimate of drug-likeness (QED) is 0.535. The molecule has 0 aliphatic carbocycles. The van der Waals surface area contributed by atoms with Crippen LogP contribution in [0, 0.1) is 11.1 Å². The molecule has 0 spiro atoms. The maximum Gasteiger partial charge on any atom is 0.0898 e. The van der Waals surface area contributed by atoms with E-state index in [1.165, 1.54) is 0 Å². The van der Waals surface area contributed by atoms with E-state index in [0.717, 1.165) is 5.06 Å². The zero-order valence-corrected chi connectivity index (χ0v) is 4.64. The third-order valence-electron chi connectivity index (χ3n) is 1.44. The Labute approximate surface area is 47.9 Å². The van der Waals surface area contributed by atoms with Crippen molar-refractivity contribution in [2.75, 3.05) is 19.8 Å². The highest BCUT2D eigenvalue weighted by Crippen LogP contribution is 2.16. The molecule has 0 aromatic rings. The number of alkyl halides is 1. The van der Waals surface area contributed by atoms with Crippen molar-refractivity contribution in [2.24, 2.45) is 5.92 Å². The number of halogens is 1. The molecule has 1 saturated heterocycles. The first-order chi connectivity index (χ1) is 3.83. The second kappa shape index (κ2) is 2.42. The highest BCUT2D eigenvalue weighted by atomic mass is 19.1. The molecule has 0 radical (unpaired) electrons. The Balaban J connectivity index is 1.98. The van der Waals surface area contributed by atoms with E-state index >= 15 is 0 Å². The molecular formula is C5H9FNO-. The fourth-order valence-corrected chi connectivity index (χ4v) is 0.859. The summed E-state index contributed by atoms with van der Waals surface area (Å²) < 4.78 is 11.5. The highest BCUT2D eigenvalue weighted by molar-refractivity contribution is 4.79. The van der Waals surface area contributed by atoms with Crippen LogP contribution in [0.25, 0.3) is 0 Å². The summed E-state index contributed by atoms with van der Waals surface area (Å²) in [6.45, 7) is 0.812. The zero-order valence-electron chi connectivity index (χ0n) is 4.64. The van der Waals surface area contributed by atoms with Gasteiger partial charge in [0, 0.05) is 0 Å². The van der Waals surface area contributed by atoms with Gasteiger partial charge in [0.1, 0.15) is 0 Å². The molecule has 1 aliphatic rings. The van der Waals surface area contributed by atoms with E-state index < -0.39 is 0 Å². The molecule has 0 bridgehead atoms. The molecule has 0 atom stereocenters. The molecule has 0 unspecified atom stereocenters. The predicted molar refractivity (Wildman–Crippen MR) is 29.0 cm³/mol. The first-order valence-corrected chi connectivity index (χ1v) is 2.81. The van der Waals surface area contributed by atoms with Gasteiger partial charge in [0.25, 0.3) is 0 Å². The minimum Gasteiger partial charge on any atom is -0.785 e. The van der Waals surface area contributed by atoms with Crippen LogP contribution >= 0.6 is 0 Å². The Morgan fingerprint density at radius 2 is 2.25 bits per heavy atom. The van der Waals surface area contributed by atoms with E-state index in [9.17, 15) is 9.60 Å². The Morgan fingerprint density at radius 1 is 1.62 bits per heavy atom. The lowest BCUT2D eigenvalue weighted by Crippen LogP contribution is -2.42. The molecule has 1 aliphatic heterocycles. The number of rotatable bonds is 2. The molecule has 0 aromatic carbocycles. The molecule has 1 fully saturated rings. The number of hydrogen-bond acceptors (Lipinski definition) is 2. The summed E-state index contributed by atoms with van der Waals surface area (Å²) in [5.41, 5.74) is 0. The molecule has 2 nitrogen and oxygen atoms in total. The third-order valence-corrected chi connectivity index (χ3v) is 1.44. The van der Waals surface area contributed by atoms with Crippen LogP contribution in [-0.2, 0) is 0 Å². The van der Waals surface area contributed by atoms with E-state index in [4.69, 9.17) is 0 Å². The van der Waals surface area contributed by atoms with Gasteiger partial charge in [-0.2, -0.15) is 0 Å². The first-order valence-electron chi connectivity index (χ1n) is 2.81. The molecule has 0 aromatic heterocycles. The van der Waals surface area contributed by atoms with Crippen molar-refractivity contribution in [3.63, 3.8) is 0 Å². The lowest BCUT2D eigenvalue weighted by molar-refractivity contribution is 0.143. The van der Waals surface area contributed by atoms with Crippen molar-refractivity contribution in [3.05, 3.63) is 5.21 Å². The summed E-state index contributed by atoms with van der Waals surface area (Å²) >= 11 is 0. The van der Waals surface area contributed by atoms with Crippen molar-refractivity contribution >= 4 is 0 Å². The van der Waals surface area contributed by atoms with Gasteiger partial charge in [-0.25, -0.2) is 0 Å². The van der Waals surface area contributed by atoms with E-state index in [-0.39, 0.29) is 6.67 Å².